The van der Waals surface area contributed by atoms with Gasteiger partial charge in [-0.15, -0.1) is 0 Å². The smallest absolute Gasteiger partial charge is 0.338 e. The van der Waals surface area contributed by atoms with Gasteiger partial charge in [-0.05, 0) is 44.9 Å². The Balaban J connectivity index is 2.71. The number of hydrogen-bond donors (Lipinski definition) is 0. The number of carbonyl (C=O) groups excluding carboxylic acids is 2. The van der Waals surface area contributed by atoms with Crippen molar-refractivity contribution >= 4 is 28.2 Å². The number of aldehydes is 1. The van der Waals surface area contributed by atoms with Crippen LogP contribution in [0.15, 0.2) is 24.3 Å². The second kappa shape index (κ2) is 6.14. The van der Waals surface area contributed by atoms with E-state index in [2.05, 4.69) is 15.9 Å². The van der Waals surface area contributed by atoms with Crippen molar-refractivity contribution in [3.05, 3.63) is 35.4 Å². The van der Waals surface area contributed by atoms with Crippen LogP contribution in [0.4, 0.5) is 0 Å². The van der Waals surface area contributed by atoms with Gasteiger partial charge in [0.1, 0.15) is 11.9 Å². The van der Waals surface area contributed by atoms with Gasteiger partial charge in [-0.1, -0.05) is 28.1 Å². The first-order valence-corrected chi connectivity index (χ1v) is 6.65. The highest BCUT2D eigenvalue weighted by molar-refractivity contribution is 9.09. The normalized spacial score (nSPS) is 12.9. The first kappa shape index (κ1) is 14.9. The van der Waals surface area contributed by atoms with Crippen LogP contribution < -0.4 is 0 Å². The molecule has 3 nitrogen and oxygen atoms in total. The number of rotatable bonds is 4. The summed E-state index contributed by atoms with van der Waals surface area (Å²) >= 11 is 3.24. The van der Waals surface area contributed by atoms with Crippen molar-refractivity contribution in [2.75, 3.05) is 0 Å². The van der Waals surface area contributed by atoms with E-state index in [1.807, 2.05) is 32.9 Å². The summed E-state index contributed by atoms with van der Waals surface area (Å²) < 4.78 is 5.26. The minimum absolute atomic E-state index is 0.190. The molecular weight excluding hydrogens is 296 g/mol. The van der Waals surface area contributed by atoms with Crippen molar-refractivity contribution in [1.82, 2.24) is 0 Å². The zero-order valence-corrected chi connectivity index (χ0v) is 12.4. The second-order valence-corrected chi connectivity index (χ2v) is 6.23. The van der Waals surface area contributed by atoms with E-state index in [-0.39, 0.29) is 10.8 Å². The monoisotopic (exact) mass is 312 g/mol. The highest BCUT2D eigenvalue weighted by Gasteiger charge is 2.17. The molecule has 0 saturated heterocycles. The quantitative estimate of drug-likeness (QED) is 0.487. The van der Waals surface area contributed by atoms with Gasteiger partial charge in [0.25, 0.3) is 0 Å². The minimum atomic E-state index is -0.492. The van der Waals surface area contributed by atoms with Gasteiger partial charge in [0, 0.05) is 0 Å². The third-order valence-corrected chi connectivity index (χ3v) is 2.71. The summed E-state index contributed by atoms with van der Waals surface area (Å²) in [7, 11) is 0. The van der Waals surface area contributed by atoms with Gasteiger partial charge in [0.15, 0.2) is 0 Å². The summed E-state index contributed by atoms with van der Waals surface area (Å²) in [6.45, 7) is 5.50. The number of carbonyl (C=O) groups is 2. The molecule has 0 radical (unpaired) electrons. The van der Waals surface area contributed by atoms with E-state index in [4.69, 9.17) is 4.74 Å². The summed E-state index contributed by atoms with van der Waals surface area (Å²) in [5.74, 6) is -0.333. The van der Waals surface area contributed by atoms with Crippen LogP contribution in [0.3, 0.4) is 0 Å². The highest BCUT2D eigenvalue weighted by Crippen LogP contribution is 2.14. The molecule has 0 heterocycles. The molecule has 1 aromatic carbocycles. The van der Waals surface area contributed by atoms with Crippen LogP contribution in [0.2, 0.25) is 0 Å². The number of benzene rings is 1. The average molecular weight is 313 g/mol. The zero-order chi connectivity index (χ0) is 13.8. The predicted molar refractivity (Wildman–Crippen MR) is 74.1 cm³/mol. The van der Waals surface area contributed by atoms with Crippen LogP contribution in [0.5, 0.6) is 0 Å². The number of esters is 1. The van der Waals surface area contributed by atoms with Crippen molar-refractivity contribution in [2.24, 2.45) is 0 Å². The molecule has 0 N–H and O–H groups in total. The van der Waals surface area contributed by atoms with Crippen LogP contribution in [0.1, 0.15) is 36.7 Å². The first-order chi connectivity index (χ1) is 8.31. The summed E-state index contributed by atoms with van der Waals surface area (Å²) in [6, 6.07) is 7.09. The summed E-state index contributed by atoms with van der Waals surface area (Å²) in [5, 5.41) is 0. The molecule has 0 aliphatic heterocycles. The third-order valence-electron chi connectivity index (χ3n) is 2.17. The fourth-order valence-corrected chi connectivity index (χ4v) is 1.76. The molecule has 0 bridgehead atoms. The molecule has 0 aliphatic rings. The van der Waals surface area contributed by atoms with Gasteiger partial charge in [-0.2, -0.15) is 0 Å². The topological polar surface area (TPSA) is 43.4 Å². The molecule has 0 aromatic heterocycles. The molecule has 0 spiro atoms. The molecule has 4 heteroatoms. The molecule has 0 aliphatic carbocycles. The maximum Gasteiger partial charge on any atom is 0.338 e. The number of ether oxygens (including phenoxy) is 1. The van der Waals surface area contributed by atoms with Gasteiger partial charge in [-0.25, -0.2) is 4.79 Å². The van der Waals surface area contributed by atoms with Crippen molar-refractivity contribution in [3.8, 4) is 0 Å². The maximum absolute atomic E-state index is 11.8. The summed E-state index contributed by atoms with van der Waals surface area (Å²) in [5.41, 5.74) is 1.02. The molecular formula is C14H17BrO3. The molecule has 18 heavy (non-hydrogen) atoms. The molecule has 1 rings (SSSR count). The van der Waals surface area contributed by atoms with Crippen LogP contribution in [-0.4, -0.2) is 22.7 Å². The van der Waals surface area contributed by atoms with Crippen molar-refractivity contribution in [3.63, 3.8) is 0 Å². The van der Waals surface area contributed by atoms with Gasteiger partial charge < -0.3 is 9.53 Å². The lowest BCUT2D eigenvalue weighted by molar-refractivity contribution is -0.107. The van der Waals surface area contributed by atoms with E-state index >= 15 is 0 Å². The van der Waals surface area contributed by atoms with E-state index in [9.17, 15) is 9.59 Å². The lowest BCUT2D eigenvalue weighted by atomic mass is 10.1. The summed E-state index contributed by atoms with van der Waals surface area (Å²) in [4.78, 5) is 22.1. The molecule has 0 fully saturated rings. The number of alkyl halides is 1. The first-order valence-electron chi connectivity index (χ1n) is 5.73. The van der Waals surface area contributed by atoms with Gasteiger partial charge in [-0.3, -0.25) is 0 Å². The minimum Gasteiger partial charge on any atom is -0.456 e. The number of halogens is 1. The Hall–Kier alpha value is -1.16. The van der Waals surface area contributed by atoms with E-state index < -0.39 is 5.60 Å². The Morgan fingerprint density at radius 3 is 2.33 bits per heavy atom. The molecule has 1 aromatic rings. The van der Waals surface area contributed by atoms with E-state index in [1.54, 1.807) is 12.1 Å². The largest absolute Gasteiger partial charge is 0.456 e. The summed E-state index contributed by atoms with van der Waals surface area (Å²) in [6.07, 6.45) is 1.46. The predicted octanol–water partition coefficient (Wildman–Crippen LogP) is 3.15. The number of hydrogen-bond acceptors (Lipinski definition) is 3. The van der Waals surface area contributed by atoms with Crippen LogP contribution in [-0.2, 0) is 16.0 Å². The molecule has 98 valence electrons. The fraction of sp³-hybridized carbons (Fsp3) is 0.429. The fourth-order valence-electron chi connectivity index (χ4n) is 1.39. The van der Waals surface area contributed by atoms with Crippen LogP contribution in [0, 0.1) is 0 Å². The zero-order valence-electron chi connectivity index (χ0n) is 10.8. The lowest BCUT2D eigenvalue weighted by Crippen LogP contribution is -2.23. The van der Waals surface area contributed by atoms with Gasteiger partial charge >= 0.3 is 5.97 Å². The SMILES string of the molecule is CC(C)(C)OC(=O)c1ccc(CC(Br)C=O)cc1. The van der Waals surface area contributed by atoms with Crippen LogP contribution >= 0.6 is 15.9 Å². The molecule has 0 saturated carbocycles. The van der Waals surface area contributed by atoms with E-state index in [0.717, 1.165) is 11.8 Å². The Labute approximate surface area is 116 Å². The molecule has 1 unspecified atom stereocenters. The van der Waals surface area contributed by atoms with Crippen molar-refractivity contribution < 1.29 is 14.3 Å². The molecule has 1 atom stereocenters. The Morgan fingerprint density at radius 2 is 1.89 bits per heavy atom. The Bertz CT molecular complexity index is 418. The third kappa shape index (κ3) is 5.00. The Morgan fingerprint density at radius 1 is 1.33 bits per heavy atom. The van der Waals surface area contributed by atoms with Crippen LogP contribution in [0.25, 0.3) is 0 Å². The van der Waals surface area contributed by atoms with E-state index in [0.29, 0.717) is 12.0 Å². The van der Waals surface area contributed by atoms with E-state index in [1.165, 1.54) is 0 Å². The maximum atomic E-state index is 11.8. The van der Waals surface area contributed by atoms with Gasteiger partial charge in [0.05, 0.1) is 10.4 Å². The lowest BCUT2D eigenvalue weighted by Gasteiger charge is -2.19. The van der Waals surface area contributed by atoms with Crippen molar-refractivity contribution in [1.29, 1.82) is 0 Å². The average Bonchev–Trinajstić information content (AvgIpc) is 2.27. The highest BCUT2D eigenvalue weighted by atomic mass is 79.9. The second-order valence-electron chi connectivity index (χ2n) is 5.06. The van der Waals surface area contributed by atoms with Crippen molar-refractivity contribution in [2.45, 2.75) is 37.6 Å². The molecule has 0 amide bonds. The Kier molecular flexibility index (Phi) is 5.08. The standard InChI is InChI=1S/C14H17BrO3/c1-14(2,3)18-13(17)11-6-4-10(5-7-11)8-12(15)9-16/h4-7,9,12H,8H2,1-3H3. The van der Waals surface area contributed by atoms with Gasteiger partial charge in [0.2, 0.25) is 0 Å².